The Labute approximate surface area is 175 Å². The SMILES string of the molecule is O=C(c1cc(F)ccc1F)C1CCN(C(=O)c2cc3c(cc2[N+](=O)[O-])OCCO3)CC1. The highest BCUT2D eigenvalue weighted by Crippen LogP contribution is 2.37. The number of piperidine rings is 1. The van der Waals surface area contributed by atoms with Crippen LogP contribution >= 0.6 is 0 Å². The van der Waals surface area contributed by atoms with Crippen molar-refractivity contribution in [1.29, 1.82) is 0 Å². The number of halogens is 2. The highest BCUT2D eigenvalue weighted by molar-refractivity contribution is 6.00. The summed E-state index contributed by atoms with van der Waals surface area (Å²) in [7, 11) is 0. The van der Waals surface area contributed by atoms with Crippen LogP contribution in [0.4, 0.5) is 14.5 Å². The van der Waals surface area contributed by atoms with E-state index in [-0.39, 0.29) is 61.8 Å². The van der Waals surface area contributed by atoms with Crippen molar-refractivity contribution in [3.05, 3.63) is 63.2 Å². The van der Waals surface area contributed by atoms with Gasteiger partial charge in [0.05, 0.1) is 16.6 Å². The van der Waals surface area contributed by atoms with Gasteiger partial charge >= 0.3 is 0 Å². The van der Waals surface area contributed by atoms with Gasteiger partial charge in [0.25, 0.3) is 11.6 Å². The Morgan fingerprint density at radius 1 is 1.00 bits per heavy atom. The van der Waals surface area contributed by atoms with Gasteiger partial charge in [-0.2, -0.15) is 0 Å². The molecule has 2 aromatic rings. The minimum atomic E-state index is -0.795. The molecule has 1 fully saturated rings. The molecule has 0 saturated carbocycles. The molecule has 2 aliphatic rings. The van der Waals surface area contributed by atoms with E-state index in [4.69, 9.17) is 9.47 Å². The van der Waals surface area contributed by atoms with E-state index in [1.807, 2.05) is 0 Å². The van der Waals surface area contributed by atoms with Gasteiger partial charge in [-0.05, 0) is 31.0 Å². The Hall–Kier alpha value is -3.56. The number of Topliss-reactive ketones (excluding diaryl/α,β-unsaturated/α-hetero) is 1. The molecule has 1 saturated heterocycles. The third-order valence-corrected chi connectivity index (χ3v) is 5.43. The molecule has 162 valence electrons. The van der Waals surface area contributed by atoms with Crippen LogP contribution in [0.1, 0.15) is 33.6 Å². The molecule has 0 spiro atoms. The highest BCUT2D eigenvalue weighted by atomic mass is 19.1. The van der Waals surface area contributed by atoms with Crippen LogP contribution in [0.25, 0.3) is 0 Å². The Kier molecular flexibility index (Phi) is 5.53. The first-order valence-corrected chi connectivity index (χ1v) is 9.71. The van der Waals surface area contributed by atoms with E-state index in [0.717, 1.165) is 18.2 Å². The summed E-state index contributed by atoms with van der Waals surface area (Å²) in [5, 5.41) is 11.5. The van der Waals surface area contributed by atoms with Crippen molar-refractivity contribution in [3.63, 3.8) is 0 Å². The molecule has 0 atom stereocenters. The van der Waals surface area contributed by atoms with Gasteiger partial charge in [-0.1, -0.05) is 0 Å². The zero-order chi connectivity index (χ0) is 22.1. The molecule has 0 unspecified atom stereocenters. The number of nitrogens with zero attached hydrogens (tertiary/aromatic N) is 2. The lowest BCUT2D eigenvalue weighted by atomic mass is 9.88. The fourth-order valence-electron chi connectivity index (χ4n) is 3.82. The normalized spacial score (nSPS) is 16.1. The average Bonchev–Trinajstić information content (AvgIpc) is 2.79. The molecule has 31 heavy (non-hydrogen) atoms. The van der Waals surface area contributed by atoms with Crippen LogP contribution < -0.4 is 9.47 Å². The first-order chi connectivity index (χ1) is 14.8. The van der Waals surface area contributed by atoms with E-state index in [1.165, 1.54) is 17.0 Å². The standard InChI is InChI=1S/C21H18F2N2O6/c22-13-1-2-16(23)14(9-13)20(26)12-3-5-24(6-4-12)21(27)15-10-18-19(31-8-7-30-18)11-17(15)25(28)29/h1-2,9-12H,3-8H2. The maximum atomic E-state index is 13.9. The zero-order valence-corrected chi connectivity index (χ0v) is 16.3. The lowest BCUT2D eigenvalue weighted by Crippen LogP contribution is -2.40. The summed E-state index contributed by atoms with van der Waals surface area (Å²) in [6, 6.07) is 5.18. The second-order valence-electron chi connectivity index (χ2n) is 7.33. The van der Waals surface area contributed by atoms with E-state index in [0.29, 0.717) is 0 Å². The van der Waals surface area contributed by atoms with Gasteiger partial charge in [-0.15, -0.1) is 0 Å². The second-order valence-corrected chi connectivity index (χ2v) is 7.33. The molecule has 0 aromatic heterocycles. The predicted molar refractivity (Wildman–Crippen MR) is 103 cm³/mol. The van der Waals surface area contributed by atoms with E-state index in [1.54, 1.807) is 0 Å². The predicted octanol–water partition coefficient (Wildman–Crippen LogP) is 3.38. The van der Waals surface area contributed by atoms with Crippen molar-refractivity contribution in [3.8, 4) is 11.5 Å². The molecule has 1 amide bonds. The molecule has 8 nitrogen and oxygen atoms in total. The first kappa shape index (κ1) is 20.7. The van der Waals surface area contributed by atoms with Gasteiger partial charge in [0.15, 0.2) is 17.3 Å². The molecule has 0 radical (unpaired) electrons. The number of likely N-dealkylation sites (tertiary alicyclic amines) is 1. The van der Waals surface area contributed by atoms with Crippen LogP contribution in [0.3, 0.4) is 0 Å². The fourth-order valence-corrected chi connectivity index (χ4v) is 3.82. The molecule has 2 aromatic carbocycles. The van der Waals surface area contributed by atoms with Gasteiger partial charge in [-0.3, -0.25) is 19.7 Å². The van der Waals surface area contributed by atoms with E-state index in [2.05, 4.69) is 0 Å². The molecule has 0 bridgehead atoms. The number of ether oxygens (including phenoxy) is 2. The number of hydrogen-bond acceptors (Lipinski definition) is 6. The Morgan fingerprint density at radius 2 is 1.65 bits per heavy atom. The van der Waals surface area contributed by atoms with Gasteiger partial charge < -0.3 is 14.4 Å². The molecule has 0 aliphatic carbocycles. The summed E-state index contributed by atoms with van der Waals surface area (Å²) >= 11 is 0. The molecule has 2 aliphatic heterocycles. The lowest BCUT2D eigenvalue weighted by Gasteiger charge is -2.31. The van der Waals surface area contributed by atoms with Crippen molar-refractivity contribution >= 4 is 17.4 Å². The molecule has 2 heterocycles. The largest absolute Gasteiger partial charge is 0.486 e. The zero-order valence-electron chi connectivity index (χ0n) is 16.3. The number of nitro benzene ring substituents is 1. The molecule has 4 rings (SSSR count). The number of nitro groups is 1. The Morgan fingerprint density at radius 3 is 2.29 bits per heavy atom. The van der Waals surface area contributed by atoms with Gasteiger partial charge in [0.1, 0.15) is 30.4 Å². The number of ketones is 1. The van der Waals surface area contributed by atoms with Crippen LogP contribution in [0, 0.1) is 27.7 Å². The number of carbonyl (C=O) groups excluding carboxylic acids is 2. The van der Waals surface area contributed by atoms with Crippen LogP contribution in [0.2, 0.25) is 0 Å². The quantitative estimate of drug-likeness (QED) is 0.417. The summed E-state index contributed by atoms with van der Waals surface area (Å²) < 4.78 is 38.1. The van der Waals surface area contributed by atoms with Crippen molar-refractivity contribution in [1.82, 2.24) is 4.90 Å². The van der Waals surface area contributed by atoms with Crippen LogP contribution in [-0.2, 0) is 0 Å². The molecule has 10 heteroatoms. The Balaban J connectivity index is 1.50. The Bertz CT molecular complexity index is 1070. The van der Waals surface area contributed by atoms with Crippen molar-refractivity contribution in [2.45, 2.75) is 12.8 Å². The summed E-state index contributed by atoms with van der Waals surface area (Å²) in [6.45, 7) is 0.822. The number of carbonyl (C=O) groups is 2. The minimum Gasteiger partial charge on any atom is -0.486 e. The fraction of sp³-hybridized carbons (Fsp3) is 0.333. The highest BCUT2D eigenvalue weighted by Gasteiger charge is 2.33. The smallest absolute Gasteiger partial charge is 0.286 e. The van der Waals surface area contributed by atoms with Gasteiger partial charge in [0.2, 0.25) is 0 Å². The van der Waals surface area contributed by atoms with Crippen molar-refractivity contribution in [2.75, 3.05) is 26.3 Å². The third kappa shape index (κ3) is 4.05. The van der Waals surface area contributed by atoms with E-state index < -0.39 is 39.9 Å². The van der Waals surface area contributed by atoms with Crippen LogP contribution in [-0.4, -0.2) is 47.8 Å². The molecular weight excluding hydrogens is 414 g/mol. The van der Waals surface area contributed by atoms with E-state index in [9.17, 15) is 28.5 Å². The lowest BCUT2D eigenvalue weighted by molar-refractivity contribution is -0.385. The summed E-state index contributed by atoms with van der Waals surface area (Å²) in [4.78, 5) is 37.8. The minimum absolute atomic E-state index is 0.129. The van der Waals surface area contributed by atoms with Crippen LogP contribution in [0.5, 0.6) is 11.5 Å². The topological polar surface area (TPSA) is 99.0 Å². The maximum absolute atomic E-state index is 13.9. The number of benzene rings is 2. The van der Waals surface area contributed by atoms with Crippen LogP contribution in [0.15, 0.2) is 30.3 Å². The number of fused-ring (bicyclic) bond motifs is 1. The number of rotatable bonds is 4. The monoisotopic (exact) mass is 432 g/mol. The summed E-state index contributed by atoms with van der Waals surface area (Å²) in [6.07, 6.45) is 0.470. The molecule has 0 N–H and O–H groups in total. The van der Waals surface area contributed by atoms with Crippen molar-refractivity contribution < 1.29 is 32.8 Å². The van der Waals surface area contributed by atoms with E-state index >= 15 is 0 Å². The average molecular weight is 432 g/mol. The number of amides is 1. The number of hydrogen-bond donors (Lipinski definition) is 0. The molecular formula is C21H18F2N2O6. The van der Waals surface area contributed by atoms with Gasteiger partial charge in [-0.25, -0.2) is 8.78 Å². The van der Waals surface area contributed by atoms with Gasteiger partial charge in [0, 0.05) is 25.1 Å². The van der Waals surface area contributed by atoms with Crippen molar-refractivity contribution in [2.24, 2.45) is 5.92 Å². The third-order valence-electron chi connectivity index (χ3n) is 5.43. The maximum Gasteiger partial charge on any atom is 0.286 e. The summed E-state index contributed by atoms with van der Waals surface area (Å²) in [5.41, 5.74) is -0.836. The summed E-state index contributed by atoms with van der Waals surface area (Å²) in [5.74, 6) is -2.70. The second kappa shape index (κ2) is 8.29. The first-order valence-electron chi connectivity index (χ1n) is 9.71.